The second kappa shape index (κ2) is 10.4. The number of ether oxygens (including phenoxy) is 1. The lowest BCUT2D eigenvalue weighted by Gasteiger charge is -2.26. The van der Waals surface area contributed by atoms with Crippen LogP contribution in [0.25, 0.3) is 6.08 Å². The normalized spacial score (nSPS) is 16.4. The zero-order valence-corrected chi connectivity index (χ0v) is 21.0. The van der Waals surface area contributed by atoms with Gasteiger partial charge < -0.3 is 10.1 Å². The van der Waals surface area contributed by atoms with Crippen LogP contribution >= 0.6 is 58.8 Å². The maximum Gasteiger partial charge on any atom is 0.266 e. The minimum Gasteiger partial charge on any atom is -0.466 e. The van der Waals surface area contributed by atoms with Crippen molar-refractivity contribution in [2.45, 2.75) is 23.9 Å². The molecule has 168 valence electrons. The molecule has 1 fully saturated rings. The van der Waals surface area contributed by atoms with Crippen molar-refractivity contribution >= 4 is 81.0 Å². The fraction of sp³-hybridized carbons (Fsp3) is 0.227. The third kappa shape index (κ3) is 6.17. The lowest BCUT2D eigenvalue weighted by molar-refractivity contribution is -0.121. The molecule has 1 N–H and O–H groups in total. The molecule has 3 rings (SSSR count). The van der Waals surface area contributed by atoms with E-state index in [4.69, 9.17) is 51.8 Å². The van der Waals surface area contributed by atoms with E-state index in [1.165, 1.54) is 11.8 Å². The number of likely N-dealkylation sites (N-methyl/N-ethyl adjacent to an activating group) is 1. The van der Waals surface area contributed by atoms with Crippen LogP contribution in [0.2, 0.25) is 0 Å². The number of amides is 2. The molecule has 1 heterocycles. The number of thiocarbonyl (C=S) groups is 1. The predicted molar refractivity (Wildman–Crippen MR) is 135 cm³/mol. The van der Waals surface area contributed by atoms with E-state index < -0.39 is 15.9 Å². The minimum atomic E-state index is -1.91. The molecule has 1 aliphatic rings. The highest BCUT2D eigenvalue weighted by molar-refractivity contribution is 8.26. The van der Waals surface area contributed by atoms with Crippen LogP contribution in [0.3, 0.4) is 0 Å². The Balaban J connectivity index is 1.72. The first-order valence-corrected chi connectivity index (χ1v) is 11.9. The molecule has 0 unspecified atom stereocenters. The smallest absolute Gasteiger partial charge is 0.266 e. The van der Waals surface area contributed by atoms with Crippen LogP contribution < -0.4 is 10.1 Å². The molecular formula is C22H19Cl3N2O3S2. The molecule has 0 aliphatic carbocycles. The fourth-order valence-corrected chi connectivity index (χ4v) is 4.47. The number of hydrogen-bond acceptors (Lipinski definition) is 5. The first-order valence-electron chi connectivity index (χ1n) is 9.55. The molecule has 2 amide bonds. The summed E-state index contributed by atoms with van der Waals surface area (Å²) in [6, 6.07) is 13.8. The third-order valence-corrected chi connectivity index (χ3v) is 6.47. The van der Waals surface area contributed by atoms with Crippen molar-refractivity contribution < 1.29 is 14.3 Å². The number of halogens is 3. The van der Waals surface area contributed by atoms with E-state index in [9.17, 15) is 9.59 Å². The second-order valence-corrected chi connectivity index (χ2v) is 10.9. The molecule has 32 heavy (non-hydrogen) atoms. The van der Waals surface area contributed by atoms with E-state index in [2.05, 4.69) is 5.32 Å². The molecule has 5 nitrogen and oxygen atoms in total. The molecule has 1 aliphatic heterocycles. The molecule has 2 aromatic rings. The Kier molecular flexibility index (Phi) is 8.11. The summed E-state index contributed by atoms with van der Waals surface area (Å²) in [7, 11) is 0. The predicted octanol–water partition coefficient (Wildman–Crippen LogP) is 5.72. The lowest BCUT2D eigenvalue weighted by Crippen LogP contribution is -2.47. The van der Waals surface area contributed by atoms with Gasteiger partial charge in [-0.05, 0) is 49.8 Å². The molecule has 0 aromatic heterocycles. The molecule has 0 spiro atoms. The molecule has 0 saturated carbocycles. The summed E-state index contributed by atoms with van der Waals surface area (Å²) in [5.74, 6) is -0.169. The Morgan fingerprint density at radius 3 is 2.34 bits per heavy atom. The van der Waals surface area contributed by atoms with Crippen molar-refractivity contribution in [1.29, 1.82) is 0 Å². The van der Waals surface area contributed by atoms with E-state index in [1.54, 1.807) is 47.4 Å². The van der Waals surface area contributed by atoms with Crippen LogP contribution in [0.1, 0.15) is 28.4 Å². The molecule has 1 atom stereocenters. The molecular weight excluding hydrogens is 511 g/mol. The number of nitrogens with one attached hydrogen (secondary N) is 1. The Labute approximate surface area is 211 Å². The number of hydrogen-bond donors (Lipinski definition) is 1. The van der Waals surface area contributed by atoms with Crippen molar-refractivity contribution in [2.75, 3.05) is 6.54 Å². The summed E-state index contributed by atoms with van der Waals surface area (Å²) >= 11 is 24.6. The Morgan fingerprint density at radius 1 is 1.19 bits per heavy atom. The summed E-state index contributed by atoms with van der Waals surface area (Å²) in [5.41, 5.74) is 2.22. The summed E-state index contributed by atoms with van der Waals surface area (Å²) in [6.07, 6.45) is 0.526. The van der Waals surface area contributed by atoms with Crippen molar-refractivity contribution in [1.82, 2.24) is 10.2 Å². The summed E-state index contributed by atoms with van der Waals surface area (Å²) in [6.45, 7) is 4.32. The van der Waals surface area contributed by atoms with Crippen LogP contribution in [0.5, 0.6) is 5.75 Å². The van der Waals surface area contributed by atoms with Gasteiger partial charge in [0.2, 0.25) is 10.0 Å². The van der Waals surface area contributed by atoms with Gasteiger partial charge in [-0.2, -0.15) is 0 Å². The number of aryl methyl sites for hydroxylation is 1. The van der Waals surface area contributed by atoms with Gasteiger partial charge in [-0.25, -0.2) is 0 Å². The van der Waals surface area contributed by atoms with Crippen LogP contribution in [-0.4, -0.2) is 37.6 Å². The van der Waals surface area contributed by atoms with Crippen molar-refractivity contribution in [3.63, 3.8) is 0 Å². The Morgan fingerprint density at radius 2 is 1.81 bits per heavy atom. The largest absolute Gasteiger partial charge is 0.466 e. The first-order chi connectivity index (χ1) is 15.1. The Hall–Kier alpha value is -1.77. The SMILES string of the molecule is CCN1C(=O)/C(=C/c2ccc(O[C@H](NC(=O)c3ccc(C)cc3)C(Cl)(Cl)Cl)cc2)SC1=S. The van der Waals surface area contributed by atoms with Gasteiger partial charge in [0.25, 0.3) is 11.8 Å². The van der Waals surface area contributed by atoms with E-state index in [0.717, 1.165) is 11.1 Å². The summed E-state index contributed by atoms with van der Waals surface area (Å²) in [4.78, 5) is 27.0. The van der Waals surface area contributed by atoms with Crippen LogP contribution in [-0.2, 0) is 4.79 Å². The Bertz CT molecular complexity index is 1050. The van der Waals surface area contributed by atoms with E-state index in [0.29, 0.717) is 27.1 Å². The van der Waals surface area contributed by atoms with E-state index in [-0.39, 0.29) is 5.91 Å². The van der Waals surface area contributed by atoms with E-state index in [1.807, 2.05) is 26.0 Å². The first kappa shape index (κ1) is 24.9. The van der Waals surface area contributed by atoms with Gasteiger partial charge in [0, 0.05) is 12.1 Å². The lowest BCUT2D eigenvalue weighted by atomic mass is 10.1. The number of alkyl halides is 3. The summed E-state index contributed by atoms with van der Waals surface area (Å²) < 4.78 is 4.37. The average Bonchev–Trinajstić information content (AvgIpc) is 3.00. The molecule has 0 bridgehead atoms. The highest BCUT2D eigenvalue weighted by atomic mass is 35.6. The number of rotatable bonds is 6. The van der Waals surface area contributed by atoms with Crippen LogP contribution in [0.4, 0.5) is 0 Å². The number of nitrogens with zero attached hydrogens (tertiary/aromatic N) is 1. The van der Waals surface area contributed by atoms with Gasteiger partial charge in [0.1, 0.15) is 10.1 Å². The molecule has 10 heteroatoms. The second-order valence-electron chi connectivity index (χ2n) is 6.87. The number of carbonyl (C=O) groups excluding carboxylic acids is 2. The monoisotopic (exact) mass is 528 g/mol. The van der Waals surface area contributed by atoms with Gasteiger partial charge in [-0.3, -0.25) is 14.5 Å². The van der Waals surface area contributed by atoms with Crippen LogP contribution in [0, 0.1) is 6.92 Å². The fourth-order valence-electron chi connectivity index (χ4n) is 2.79. The average molecular weight is 530 g/mol. The van der Waals surface area contributed by atoms with Gasteiger partial charge in [0.15, 0.2) is 0 Å². The molecule has 2 aromatic carbocycles. The van der Waals surface area contributed by atoms with Crippen LogP contribution in [0.15, 0.2) is 53.4 Å². The van der Waals surface area contributed by atoms with Crippen molar-refractivity contribution in [3.8, 4) is 5.75 Å². The molecule has 1 saturated heterocycles. The third-order valence-electron chi connectivity index (χ3n) is 4.49. The maximum absolute atomic E-state index is 12.5. The zero-order valence-electron chi connectivity index (χ0n) is 17.1. The highest BCUT2D eigenvalue weighted by Gasteiger charge is 2.36. The van der Waals surface area contributed by atoms with Gasteiger partial charge in [-0.1, -0.05) is 88.6 Å². The number of carbonyl (C=O) groups is 2. The van der Waals surface area contributed by atoms with Gasteiger partial charge >= 0.3 is 0 Å². The topological polar surface area (TPSA) is 58.6 Å². The maximum atomic E-state index is 12.5. The van der Waals surface area contributed by atoms with Gasteiger partial charge in [0.05, 0.1) is 4.91 Å². The van der Waals surface area contributed by atoms with Gasteiger partial charge in [-0.15, -0.1) is 0 Å². The standard InChI is InChI=1S/C22H19Cl3N2O3S2/c1-3-27-19(29)17(32-21(27)31)12-14-6-10-16(11-7-14)30-20(22(23,24)25)26-18(28)15-8-4-13(2)5-9-15/h4-12,20H,3H2,1-2H3,(H,26,28)/b17-12-/t20-/m0/s1. The summed E-state index contributed by atoms with van der Waals surface area (Å²) in [5, 5.41) is 2.60. The molecule has 0 radical (unpaired) electrons. The van der Waals surface area contributed by atoms with E-state index >= 15 is 0 Å². The highest BCUT2D eigenvalue weighted by Crippen LogP contribution is 2.34. The van der Waals surface area contributed by atoms with Crippen molar-refractivity contribution in [2.24, 2.45) is 0 Å². The number of thioether (sulfide) groups is 1. The van der Waals surface area contributed by atoms with Crippen molar-refractivity contribution in [3.05, 3.63) is 70.1 Å². The zero-order chi connectivity index (χ0) is 23.5. The number of benzene rings is 2. The quantitative estimate of drug-likeness (QED) is 0.224. The minimum absolute atomic E-state index is 0.113.